The van der Waals surface area contributed by atoms with Crippen molar-refractivity contribution in [1.82, 2.24) is 10.3 Å². The number of hydrogen-bond acceptors (Lipinski definition) is 5. The number of carbonyl (C=O) groups is 2. The Morgan fingerprint density at radius 1 is 1.11 bits per heavy atom. The van der Waals surface area contributed by atoms with E-state index in [1.807, 2.05) is 48.3 Å². The third kappa shape index (κ3) is 6.82. The average Bonchev–Trinajstić information content (AvgIpc) is 2.84. The third-order valence-electron chi connectivity index (χ3n) is 5.24. The number of pyridine rings is 1. The molecule has 0 aliphatic carbocycles. The summed E-state index contributed by atoms with van der Waals surface area (Å²) in [5.41, 5.74) is 2.84. The zero-order valence-electron chi connectivity index (χ0n) is 19.2. The van der Waals surface area contributed by atoms with Crippen LogP contribution in [0.1, 0.15) is 27.9 Å². The van der Waals surface area contributed by atoms with Gasteiger partial charge in [-0.25, -0.2) is 9.78 Å². The largest absolute Gasteiger partial charge is 0.480 e. The molecule has 7 nitrogen and oxygen atoms in total. The second-order valence-electron chi connectivity index (χ2n) is 7.67. The van der Waals surface area contributed by atoms with E-state index in [9.17, 15) is 14.7 Å². The van der Waals surface area contributed by atoms with Gasteiger partial charge in [-0.1, -0.05) is 59.6 Å². The van der Waals surface area contributed by atoms with Gasteiger partial charge in [-0.15, -0.1) is 0 Å². The van der Waals surface area contributed by atoms with Crippen LogP contribution < -0.4 is 10.2 Å². The Hall–Kier alpha value is -3.39. The van der Waals surface area contributed by atoms with Gasteiger partial charge in [-0.05, 0) is 42.3 Å². The lowest BCUT2D eigenvalue weighted by atomic mass is 10.1. The SMILES string of the molecule is COCc1cccnc1N(C)c1ccc(/C=C/CC(NC(=O)c2c(Cl)cccc2Cl)C(=O)O)cc1. The van der Waals surface area contributed by atoms with Gasteiger partial charge in [0.1, 0.15) is 11.9 Å². The van der Waals surface area contributed by atoms with Gasteiger partial charge in [0.2, 0.25) is 0 Å². The van der Waals surface area contributed by atoms with E-state index in [1.165, 1.54) is 12.1 Å². The molecule has 1 unspecified atom stereocenters. The number of methoxy groups -OCH3 is 1. The highest BCUT2D eigenvalue weighted by Gasteiger charge is 2.22. The molecule has 0 aliphatic rings. The van der Waals surface area contributed by atoms with E-state index in [-0.39, 0.29) is 22.0 Å². The maximum Gasteiger partial charge on any atom is 0.326 e. The molecule has 0 spiro atoms. The highest BCUT2D eigenvalue weighted by atomic mass is 35.5. The Morgan fingerprint density at radius 3 is 2.43 bits per heavy atom. The van der Waals surface area contributed by atoms with E-state index in [4.69, 9.17) is 27.9 Å². The van der Waals surface area contributed by atoms with E-state index in [1.54, 1.807) is 31.5 Å². The Labute approximate surface area is 214 Å². The molecule has 3 rings (SSSR count). The minimum Gasteiger partial charge on any atom is -0.480 e. The van der Waals surface area contributed by atoms with Gasteiger partial charge in [-0.2, -0.15) is 0 Å². The summed E-state index contributed by atoms with van der Waals surface area (Å²) in [5.74, 6) is -1.00. The first-order valence-electron chi connectivity index (χ1n) is 10.7. The Kier molecular flexibility index (Phi) is 9.25. The normalized spacial score (nSPS) is 11.9. The highest BCUT2D eigenvalue weighted by molar-refractivity contribution is 6.39. The number of nitrogens with zero attached hydrogens (tertiary/aromatic N) is 2. The van der Waals surface area contributed by atoms with Crippen LogP contribution in [0.2, 0.25) is 10.0 Å². The van der Waals surface area contributed by atoms with Gasteiger partial charge in [-0.3, -0.25) is 4.79 Å². The van der Waals surface area contributed by atoms with Crippen LogP contribution in [0, 0.1) is 0 Å². The lowest BCUT2D eigenvalue weighted by Gasteiger charge is -2.21. The number of rotatable bonds is 10. The number of ether oxygens (including phenoxy) is 1. The maximum absolute atomic E-state index is 12.5. The van der Waals surface area contributed by atoms with Gasteiger partial charge in [0, 0.05) is 31.6 Å². The Morgan fingerprint density at radius 2 is 1.80 bits per heavy atom. The van der Waals surface area contributed by atoms with Crippen molar-refractivity contribution in [2.45, 2.75) is 19.1 Å². The molecule has 0 fully saturated rings. The zero-order valence-corrected chi connectivity index (χ0v) is 20.8. The minimum atomic E-state index is -1.16. The van der Waals surface area contributed by atoms with Crippen molar-refractivity contribution in [3.05, 3.63) is 93.6 Å². The number of carboxylic acids is 1. The molecule has 35 heavy (non-hydrogen) atoms. The summed E-state index contributed by atoms with van der Waals surface area (Å²) in [5, 5.41) is 12.3. The van der Waals surface area contributed by atoms with Crippen molar-refractivity contribution in [2.75, 3.05) is 19.1 Å². The molecule has 1 amide bonds. The summed E-state index contributed by atoms with van der Waals surface area (Å²) in [7, 11) is 3.57. The smallest absolute Gasteiger partial charge is 0.326 e. The lowest BCUT2D eigenvalue weighted by molar-refractivity contribution is -0.139. The quantitative estimate of drug-likeness (QED) is 0.367. The van der Waals surface area contributed by atoms with Crippen molar-refractivity contribution in [2.24, 2.45) is 0 Å². The van der Waals surface area contributed by atoms with Crippen molar-refractivity contribution in [3.8, 4) is 0 Å². The summed E-state index contributed by atoms with van der Waals surface area (Å²) in [6.45, 7) is 0.457. The number of benzene rings is 2. The van der Waals surface area contributed by atoms with E-state index in [0.29, 0.717) is 6.61 Å². The highest BCUT2D eigenvalue weighted by Crippen LogP contribution is 2.26. The van der Waals surface area contributed by atoms with E-state index in [0.717, 1.165) is 22.6 Å². The summed E-state index contributed by atoms with van der Waals surface area (Å²) in [6, 6.07) is 15.1. The predicted octanol–water partition coefficient (Wildman–Crippen LogP) is 5.59. The zero-order chi connectivity index (χ0) is 25.4. The van der Waals surface area contributed by atoms with Crippen LogP contribution in [0.5, 0.6) is 0 Å². The van der Waals surface area contributed by atoms with Gasteiger partial charge < -0.3 is 20.1 Å². The first-order chi connectivity index (χ1) is 16.8. The predicted molar refractivity (Wildman–Crippen MR) is 138 cm³/mol. The van der Waals surface area contributed by atoms with Crippen LogP contribution in [0.3, 0.4) is 0 Å². The summed E-state index contributed by atoms with van der Waals surface area (Å²) in [4.78, 5) is 30.6. The number of aliphatic carboxylic acids is 1. The van der Waals surface area contributed by atoms with Crippen LogP contribution in [0.25, 0.3) is 6.08 Å². The molecule has 2 N–H and O–H groups in total. The summed E-state index contributed by atoms with van der Waals surface area (Å²) >= 11 is 12.1. The number of halogens is 2. The summed E-state index contributed by atoms with van der Waals surface area (Å²) < 4.78 is 5.26. The van der Waals surface area contributed by atoms with E-state index in [2.05, 4.69) is 10.3 Å². The molecule has 182 valence electrons. The van der Waals surface area contributed by atoms with Crippen molar-refractivity contribution >= 4 is 52.7 Å². The first kappa shape index (κ1) is 26.2. The van der Waals surface area contributed by atoms with Crippen LogP contribution in [0.4, 0.5) is 11.5 Å². The number of aromatic nitrogens is 1. The van der Waals surface area contributed by atoms with E-state index >= 15 is 0 Å². The van der Waals surface area contributed by atoms with Gasteiger partial charge in [0.15, 0.2) is 0 Å². The minimum absolute atomic E-state index is 0.0485. The molecule has 2 aromatic carbocycles. The monoisotopic (exact) mass is 513 g/mol. The molecule has 1 atom stereocenters. The average molecular weight is 514 g/mol. The molecule has 1 aromatic heterocycles. The first-order valence-corrected chi connectivity index (χ1v) is 11.5. The van der Waals surface area contributed by atoms with Crippen molar-refractivity contribution in [3.63, 3.8) is 0 Å². The molecule has 0 saturated heterocycles. The third-order valence-corrected chi connectivity index (χ3v) is 5.87. The van der Waals surface area contributed by atoms with Crippen molar-refractivity contribution < 1.29 is 19.4 Å². The van der Waals surface area contributed by atoms with E-state index < -0.39 is 17.9 Å². The maximum atomic E-state index is 12.5. The molecule has 0 aliphatic heterocycles. The second-order valence-corrected chi connectivity index (χ2v) is 8.48. The molecular formula is C26H25Cl2N3O4. The Bertz CT molecular complexity index is 1200. The fourth-order valence-electron chi connectivity index (χ4n) is 3.44. The fraction of sp³-hybridized carbons (Fsp3) is 0.192. The number of anilines is 2. The number of nitrogens with one attached hydrogen (secondary N) is 1. The molecule has 0 radical (unpaired) electrons. The second kappa shape index (κ2) is 12.4. The molecular weight excluding hydrogens is 489 g/mol. The lowest BCUT2D eigenvalue weighted by Crippen LogP contribution is -2.40. The van der Waals surface area contributed by atoms with Crippen LogP contribution in [0.15, 0.2) is 66.9 Å². The Balaban J connectivity index is 1.66. The number of carboxylic acid groups (broad SMARTS) is 1. The van der Waals surface area contributed by atoms with Gasteiger partial charge in [0.05, 0.1) is 22.2 Å². The fourth-order valence-corrected chi connectivity index (χ4v) is 4.01. The standard InChI is InChI=1S/C26H25Cl2N3O4/c1-31(24-18(16-35-2)7-5-15-29-24)19-13-11-17(12-14-19)6-3-10-22(26(33)34)30-25(32)23-20(27)8-4-9-21(23)28/h3-9,11-15,22H,10,16H2,1-2H3,(H,30,32)(H,33,34)/b6-3+. The molecule has 9 heteroatoms. The number of amides is 1. The van der Waals surface area contributed by atoms with Crippen molar-refractivity contribution in [1.29, 1.82) is 0 Å². The van der Waals surface area contributed by atoms with Gasteiger partial charge in [0.25, 0.3) is 5.91 Å². The molecule has 0 bridgehead atoms. The number of carbonyl (C=O) groups excluding carboxylic acids is 1. The molecule has 0 saturated carbocycles. The molecule has 3 aromatic rings. The van der Waals surface area contributed by atoms with Gasteiger partial charge >= 0.3 is 5.97 Å². The van der Waals surface area contributed by atoms with Crippen LogP contribution in [-0.2, 0) is 16.1 Å². The number of hydrogen-bond donors (Lipinski definition) is 2. The van der Waals surface area contributed by atoms with Crippen LogP contribution >= 0.6 is 23.2 Å². The topological polar surface area (TPSA) is 91.8 Å². The summed E-state index contributed by atoms with van der Waals surface area (Å²) in [6.07, 6.45) is 5.31. The van der Waals surface area contributed by atoms with Crippen LogP contribution in [-0.4, -0.2) is 42.2 Å². The molecule has 1 heterocycles.